The van der Waals surface area contributed by atoms with E-state index in [-0.39, 0.29) is 30.0 Å². The number of methoxy groups -OCH3 is 2. The molecule has 3 aromatic rings. The van der Waals surface area contributed by atoms with E-state index >= 15 is 0 Å². The Bertz CT molecular complexity index is 1180. The van der Waals surface area contributed by atoms with Crippen LogP contribution in [0.2, 0.25) is 0 Å². The van der Waals surface area contributed by atoms with Gasteiger partial charge in [0.1, 0.15) is 11.4 Å². The number of nitrogens with zero attached hydrogens (tertiary/aromatic N) is 5. The number of amides is 2. The van der Waals surface area contributed by atoms with E-state index in [0.717, 1.165) is 11.3 Å². The molecule has 11 heteroatoms. The number of ether oxygens (including phenoxy) is 2. The number of aryl methyl sites for hydroxylation is 1. The molecule has 1 fully saturated rings. The Hall–Kier alpha value is -4.28. The Labute approximate surface area is 195 Å². The number of rotatable bonds is 7. The van der Waals surface area contributed by atoms with Gasteiger partial charge in [-0.25, -0.2) is 9.80 Å². The van der Waals surface area contributed by atoms with Crippen molar-refractivity contribution in [3.63, 3.8) is 0 Å². The van der Waals surface area contributed by atoms with Crippen molar-refractivity contribution in [2.45, 2.75) is 19.3 Å². The molecule has 1 saturated heterocycles. The lowest BCUT2D eigenvalue weighted by Crippen LogP contribution is -2.45. The van der Waals surface area contributed by atoms with Gasteiger partial charge in [-0.1, -0.05) is 5.16 Å². The number of esters is 1. The highest BCUT2D eigenvalue weighted by Crippen LogP contribution is 2.21. The zero-order chi connectivity index (χ0) is 24.1. The number of hydrazine groups is 1. The quantitative estimate of drug-likeness (QED) is 0.482. The number of carbonyl (C=O) groups excluding carboxylic acids is 3. The maximum absolute atomic E-state index is 12.9. The zero-order valence-corrected chi connectivity index (χ0v) is 18.8. The van der Waals surface area contributed by atoms with Crippen molar-refractivity contribution in [3.8, 4) is 17.1 Å². The largest absolute Gasteiger partial charge is 0.497 e. The van der Waals surface area contributed by atoms with Crippen LogP contribution in [0.3, 0.4) is 0 Å². The Morgan fingerprint density at radius 2 is 1.79 bits per heavy atom. The summed E-state index contributed by atoms with van der Waals surface area (Å²) >= 11 is 0. The Morgan fingerprint density at radius 1 is 1.03 bits per heavy atom. The molecule has 3 heterocycles. The van der Waals surface area contributed by atoms with Gasteiger partial charge in [0.15, 0.2) is 0 Å². The van der Waals surface area contributed by atoms with Crippen LogP contribution in [0.25, 0.3) is 11.4 Å². The van der Waals surface area contributed by atoms with Crippen molar-refractivity contribution in [2.75, 3.05) is 27.3 Å². The molecule has 0 radical (unpaired) electrons. The second-order valence-electron chi connectivity index (χ2n) is 7.46. The van der Waals surface area contributed by atoms with Gasteiger partial charge in [0.2, 0.25) is 17.6 Å². The third kappa shape index (κ3) is 4.87. The van der Waals surface area contributed by atoms with Crippen molar-refractivity contribution >= 4 is 17.8 Å². The van der Waals surface area contributed by atoms with Crippen LogP contribution >= 0.6 is 0 Å². The van der Waals surface area contributed by atoms with E-state index < -0.39 is 11.9 Å². The van der Waals surface area contributed by atoms with Gasteiger partial charge in [0, 0.05) is 37.7 Å². The normalized spacial score (nSPS) is 13.1. The smallest absolute Gasteiger partial charge is 0.339 e. The highest BCUT2D eigenvalue weighted by atomic mass is 16.5. The van der Waals surface area contributed by atoms with E-state index in [1.165, 1.54) is 35.5 Å². The van der Waals surface area contributed by atoms with Crippen LogP contribution in [0.5, 0.6) is 5.75 Å². The number of hydrogen-bond acceptors (Lipinski definition) is 9. The molecule has 0 unspecified atom stereocenters. The second-order valence-corrected chi connectivity index (χ2v) is 7.46. The molecule has 11 nitrogen and oxygen atoms in total. The lowest BCUT2D eigenvalue weighted by atomic mass is 10.2. The Kier molecular flexibility index (Phi) is 6.81. The summed E-state index contributed by atoms with van der Waals surface area (Å²) in [6, 6.07) is 10.1. The maximum Gasteiger partial charge on any atom is 0.339 e. The Morgan fingerprint density at radius 3 is 2.47 bits per heavy atom. The monoisotopic (exact) mass is 465 g/mol. The van der Waals surface area contributed by atoms with E-state index in [1.54, 1.807) is 19.2 Å². The number of carbonyl (C=O) groups is 3. The van der Waals surface area contributed by atoms with Gasteiger partial charge in [-0.05, 0) is 42.8 Å². The summed E-state index contributed by atoms with van der Waals surface area (Å²) < 4.78 is 15.1. The predicted octanol–water partition coefficient (Wildman–Crippen LogP) is 2.15. The van der Waals surface area contributed by atoms with Gasteiger partial charge in [-0.2, -0.15) is 4.98 Å². The molecule has 0 aliphatic carbocycles. The summed E-state index contributed by atoms with van der Waals surface area (Å²) in [5, 5.41) is 6.76. The van der Waals surface area contributed by atoms with Crippen LogP contribution in [-0.2, 0) is 16.0 Å². The first kappa shape index (κ1) is 22.9. The van der Waals surface area contributed by atoms with Gasteiger partial charge in [-0.3, -0.25) is 19.6 Å². The molecule has 2 aromatic heterocycles. The summed E-state index contributed by atoms with van der Waals surface area (Å²) in [5.41, 5.74) is 1.14. The molecule has 1 aromatic carbocycles. The van der Waals surface area contributed by atoms with Crippen LogP contribution < -0.4 is 4.74 Å². The third-order valence-electron chi connectivity index (χ3n) is 5.33. The van der Waals surface area contributed by atoms with Crippen molar-refractivity contribution in [1.82, 2.24) is 25.1 Å². The summed E-state index contributed by atoms with van der Waals surface area (Å²) in [6.07, 6.45) is 2.27. The lowest BCUT2D eigenvalue weighted by molar-refractivity contribution is -0.140. The number of aromatic nitrogens is 3. The standard InChI is InChI=1S/C23H23N5O6/c1-32-17-7-4-15(5-8-17)21-25-19(34-26-21)10-11-20(29)27-12-3-13-28(27)22(30)18-9-6-16(14-24-18)23(31)33-2/h4-9,14H,3,10-13H2,1-2H3. The van der Waals surface area contributed by atoms with Crippen LogP contribution in [0.4, 0.5) is 0 Å². The molecule has 0 bridgehead atoms. The first-order valence-electron chi connectivity index (χ1n) is 10.6. The zero-order valence-electron chi connectivity index (χ0n) is 18.8. The minimum Gasteiger partial charge on any atom is -0.497 e. The van der Waals surface area contributed by atoms with E-state index in [2.05, 4.69) is 19.9 Å². The van der Waals surface area contributed by atoms with Crippen molar-refractivity contribution < 1.29 is 28.4 Å². The van der Waals surface area contributed by atoms with E-state index in [1.807, 2.05) is 12.1 Å². The Balaban J connectivity index is 1.36. The van der Waals surface area contributed by atoms with Gasteiger partial charge >= 0.3 is 5.97 Å². The molecule has 34 heavy (non-hydrogen) atoms. The van der Waals surface area contributed by atoms with Gasteiger partial charge in [0.25, 0.3) is 5.91 Å². The van der Waals surface area contributed by atoms with Crippen LogP contribution in [0.15, 0.2) is 47.1 Å². The molecule has 176 valence electrons. The minimum absolute atomic E-state index is 0.0999. The first-order valence-corrected chi connectivity index (χ1v) is 10.6. The summed E-state index contributed by atoms with van der Waals surface area (Å²) in [7, 11) is 2.86. The average molecular weight is 465 g/mol. The van der Waals surface area contributed by atoms with Crippen LogP contribution in [0.1, 0.15) is 39.6 Å². The van der Waals surface area contributed by atoms with Gasteiger partial charge in [0.05, 0.1) is 19.8 Å². The summed E-state index contributed by atoms with van der Waals surface area (Å²) in [6.45, 7) is 0.818. The fraction of sp³-hybridized carbons (Fsp3) is 0.304. The average Bonchev–Trinajstić information content (AvgIpc) is 3.57. The molecular weight excluding hydrogens is 442 g/mol. The lowest BCUT2D eigenvalue weighted by Gasteiger charge is -2.27. The molecule has 2 amide bonds. The number of hydrogen-bond donors (Lipinski definition) is 0. The molecule has 0 spiro atoms. The molecule has 1 aliphatic rings. The number of pyridine rings is 1. The van der Waals surface area contributed by atoms with E-state index in [9.17, 15) is 14.4 Å². The van der Waals surface area contributed by atoms with Gasteiger partial charge < -0.3 is 14.0 Å². The van der Waals surface area contributed by atoms with Crippen molar-refractivity contribution in [3.05, 3.63) is 59.7 Å². The van der Waals surface area contributed by atoms with Crippen LogP contribution in [-0.4, -0.2) is 70.2 Å². The highest BCUT2D eigenvalue weighted by Gasteiger charge is 2.32. The highest BCUT2D eigenvalue weighted by molar-refractivity contribution is 5.95. The summed E-state index contributed by atoms with van der Waals surface area (Å²) in [5.74, 6) is 0.280. The molecule has 1 aliphatic heterocycles. The third-order valence-corrected chi connectivity index (χ3v) is 5.33. The molecule has 4 rings (SSSR count). The van der Waals surface area contributed by atoms with E-state index in [4.69, 9.17) is 9.26 Å². The number of benzene rings is 1. The first-order chi connectivity index (χ1) is 16.5. The molecule has 0 atom stereocenters. The SMILES string of the molecule is COC(=O)c1ccc(C(=O)N2CCCN2C(=O)CCc2nc(-c3ccc(OC)cc3)no2)nc1. The molecular formula is C23H23N5O6. The van der Waals surface area contributed by atoms with Crippen LogP contribution in [0, 0.1) is 0 Å². The fourth-order valence-electron chi connectivity index (χ4n) is 3.53. The predicted molar refractivity (Wildman–Crippen MR) is 118 cm³/mol. The molecule has 0 N–H and O–H groups in total. The second kappa shape index (κ2) is 10.1. The van der Waals surface area contributed by atoms with Gasteiger partial charge in [-0.15, -0.1) is 0 Å². The topological polar surface area (TPSA) is 128 Å². The van der Waals surface area contributed by atoms with Crippen molar-refractivity contribution in [2.24, 2.45) is 0 Å². The fourth-order valence-corrected chi connectivity index (χ4v) is 3.53. The summed E-state index contributed by atoms with van der Waals surface area (Å²) in [4.78, 5) is 45.7. The van der Waals surface area contributed by atoms with E-state index in [0.29, 0.717) is 31.2 Å². The molecule has 0 saturated carbocycles. The van der Waals surface area contributed by atoms with Crippen molar-refractivity contribution in [1.29, 1.82) is 0 Å². The maximum atomic E-state index is 12.9. The minimum atomic E-state index is -0.541.